The van der Waals surface area contributed by atoms with Crippen LogP contribution in [0.1, 0.15) is 32.1 Å². The van der Waals surface area contributed by atoms with Crippen LogP contribution in [0.5, 0.6) is 0 Å². The Morgan fingerprint density at radius 3 is 2.00 bits per heavy atom. The molecule has 0 aromatic heterocycles. The molecule has 0 aromatic rings. The Balaban J connectivity index is 2.24. The van der Waals surface area contributed by atoms with Crippen molar-refractivity contribution in [2.24, 2.45) is 0 Å². The molecule has 1 saturated carbocycles. The highest BCUT2D eigenvalue weighted by Crippen LogP contribution is 2.23. The zero-order chi connectivity index (χ0) is 8.32. The Morgan fingerprint density at radius 2 is 1.55 bits per heavy atom. The van der Waals surface area contributed by atoms with Crippen LogP contribution in [0.4, 0.5) is 0 Å². The molecule has 0 atom stereocenters. The first-order valence-corrected chi connectivity index (χ1v) is 8.16. The van der Waals surface area contributed by atoms with Crippen molar-refractivity contribution in [2.75, 3.05) is 0 Å². The predicted molar refractivity (Wildman–Crippen MR) is 51.3 cm³/mol. The van der Waals surface area contributed by atoms with Gasteiger partial charge in [0.15, 0.2) is 8.32 Å². The van der Waals surface area contributed by atoms with Crippen molar-refractivity contribution < 1.29 is 4.43 Å². The highest BCUT2D eigenvalue weighted by atomic mass is 28.4. The summed E-state index contributed by atoms with van der Waals surface area (Å²) in [6, 6.07) is 0. The van der Waals surface area contributed by atoms with Crippen LogP contribution >= 0.6 is 0 Å². The van der Waals surface area contributed by atoms with Gasteiger partial charge in [-0.1, -0.05) is 19.3 Å². The standard InChI is InChI=1S/C9H20OSi/c1-11(2,3)10-9-7-5-4-6-8-9/h9H,4-8H2,1-3H3. The minimum absolute atomic E-state index is 0.607. The second kappa shape index (κ2) is 3.72. The number of hydrogen-bond donors (Lipinski definition) is 0. The zero-order valence-corrected chi connectivity index (χ0v) is 9.02. The molecule has 1 aliphatic rings. The minimum atomic E-state index is -1.24. The van der Waals surface area contributed by atoms with E-state index in [2.05, 4.69) is 19.6 Å². The molecule has 1 fully saturated rings. The number of hydrogen-bond acceptors (Lipinski definition) is 1. The Labute approximate surface area is 71.3 Å². The van der Waals surface area contributed by atoms with Gasteiger partial charge in [-0.05, 0) is 32.5 Å². The summed E-state index contributed by atoms with van der Waals surface area (Å²) in [5.41, 5.74) is 0. The van der Waals surface area contributed by atoms with E-state index in [1.165, 1.54) is 32.1 Å². The maximum Gasteiger partial charge on any atom is 0.184 e. The monoisotopic (exact) mass is 172 g/mol. The van der Waals surface area contributed by atoms with Gasteiger partial charge in [-0.3, -0.25) is 0 Å². The first-order chi connectivity index (χ1) is 5.08. The van der Waals surface area contributed by atoms with Gasteiger partial charge in [0.1, 0.15) is 0 Å². The highest BCUT2D eigenvalue weighted by molar-refractivity contribution is 6.69. The topological polar surface area (TPSA) is 9.23 Å². The average Bonchev–Trinajstić information content (AvgIpc) is 1.85. The van der Waals surface area contributed by atoms with Gasteiger partial charge >= 0.3 is 0 Å². The molecule has 66 valence electrons. The molecule has 0 amide bonds. The summed E-state index contributed by atoms with van der Waals surface area (Å²) >= 11 is 0. The fourth-order valence-corrected chi connectivity index (χ4v) is 2.92. The second-order valence-corrected chi connectivity index (χ2v) is 8.95. The normalized spacial score (nSPS) is 22.1. The van der Waals surface area contributed by atoms with E-state index in [9.17, 15) is 0 Å². The molecular weight excluding hydrogens is 152 g/mol. The Morgan fingerprint density at radius 1 is 1.00 bits per heavy atom. The van der Waals surface area contributed by atoms with Gasteiger partial charge in [0.25, 0.3) is 0 Å². The largest absolute Gasteiger partial charge is 0.415 e. The molecule has 0 unspecified atom stereocenters. The third-order valence-electron chi connectivity index (χ3n) is 2.07. The maximum atomic E-state index is 6.02. The van der Waals surface area contributed by atoms with E-state index in [1.807, 2.05) is 0 Å². The van der Waals surface area contributed by atoms with Gasteiger partial charge < -0.3 is 4.43 Å². The van der Waals surface area contributed by atoms with E-state index in [4.69, 9.17) is 4.43 Å². The first-order valence-electron chi connectivity index (χ1n) is 4.76. The molecule has 0 spiro atoms. The Bertz CT molecular complexity index is 111. The van der Waals surface area contributed by atoms with E-state index in [1.54, 1.807) is 0 Å². The van der Waals surface area contributed by atoms with Crippen LogP contribution in [0.3, 0.4) is 0 Å². The molecule has 0 radical (unpaired) electrons. The van der Waals surface area contributed by atoms with Gasteiger partial charge in [0, 0.05) is 6.10 Å². The summed E-state index contributed by atoms with van der Waals surface area (Å²) in [4.78, 5) is 0. The van der Waals surface area contributed by atoms with Crippen molar-refractivity contribution in [1.29, 1.82) is 0 Å². The van der Waals surface area contributed by atoms with E-state index in [-0.39, 0.29) is 0 Å². The molecule has 0 aliphatic heterocycles. The SMILES string of the molecule is C[Si](C)(C)OC1CCCCC1. The molecule has 0 heterocycles. The molecule has 2 heteroatoms. The molecular formula is C9H20OSi. The molecule has 0 N–H and O–H groups in total. The van der Waals surface area contributed by atoms with Crippen molar-refractivity contribution in [3.05, 3.63) is 0 Å². The van der Waals surface area contributed by atoms with Crippen molar-refractivity contribution in [3.8, 4) is 0 Å². The summed E-state index contributed by atoms with van der Waals surface area (Å²) in [5, 5.41) is 0. The maximum absolute atomic E-state index is 6.02. The second-order valence-electron chi connectivity index (χ2n) is 4.49. The zero-order valence-electron chi connectivity index (χ0n) is 8.02. The molecule has 1 nitrogen and oxygen atoms in total. The predicted octanol–water partition coefficient (Wildman–Crippen LogP) is 3.17. The van der Waals surface area contributed by atoms with Gasteiger partial charge in [0.05, 0.1) is 0 Å². The third kappa shape index (κ3) is 3.92. The van der Waals surface area contributed by atoms with E-state index in [0.717, 1.165) is 0 Å². The first kappa shape index (κ1) is 9.27. The van der Waals surface area contributed by atoms with Crippen molar-refractivity contribution in [3.63, 3.8) is 0 Å². The Hall–Kier alpha value is 0.177. The van der Waals surface area contributed by atoms with Crippen molar-refractivity contribution in [2.45, 2.75) is 57.8 Å². The van der Waals surface area contributed by atoms with Crippen LogP contribution in [-0.2, 0) is 4.43 Å². The lowest BCUT2D eigenvalue weighted by Crippen LogP contribution is -2.33. The quantitative estimate of drug-likeness (QED) is 0.581. The lowest BCUT2D eigenvalue weighted by atomic mass is 9.98. The fourth-order valence-electron chi connectivity index (χ4n) is 1.68. The van der Waals surface area contributed by atoms with E-state index < -0.39 is 8.32 Å². The van der Waals surface area contributed by atoms with Crippen LogP contribution in [0.15, 0.2) is 0 Å². The average molecular weight is 172 g/mol. The molecule has 0 saturated heterocycles. The van der Waals surface area contributed by atoms with Crippen LogP contribution in [-0.4, -0.2) is 14.4 Å². The van der Waals surface area contributed by atoms with Crippen molar-refractivity contribution >= 4 is 8.32 Å². The fraction of sp³-hybridized carbons (Fsp3) is 1.00. The number of rotatable bonds is 2. The summed E-state index contributed by atoms with van der Waals surface area (Å²) in [7, 11) is -1.24. The summed E-state index contributed by atoms with van der Waals surface area (Å²) in [5.74, 6) is 0. The third-order valence-corrected chi connectivity index (χ3v) is 3.11. The molecule has 1 aliphatic carbocycles. The van der Waals surface area contributed by atoms with Gasteiger partial charge in [-0.25, -0.2) is 0 Å². The lowest BCUT2D eigenvalue weighted by molar-refractivity contribution is 0.148. The van der Waals surface area contributed by atoms with Crippen LogP contribution in [0.25, 0.3) is 0 Å². The minimum Gasteiger partial charge on any atom is -0.415 e. The molecule has 0 aromatic carbocycles. The van der Waals surface area contributed by atoms with Gasteiger partial charge in [0.2, 0.25) is 0 Å². The molecule has 11 heavy (non-hydrogen) atoms. The highest BCUT2D eigenvalue weighted by Gasteiger charge is 2.22. The summed E-state index contributed by atoms with van der Waals surface area (Å²) in [6.07, 6.45) is 7.42. The lowest BCUT2D eigenvalue weighted by Gasteiger charge is -2.29. The van der Waals surface area contributed by atoms with E-state index >= 15 is 0 Å². The van der Waals surface area contributed by atoms with Crippen LogP contribution < -0.4 is 0 Å². The summed E-state index contributed by atoms with van der Waals surface area (Å²) in [6.45, 7) is 6.84. The van der Waals surface area contributed by atoms with Crippen LogP contribution in [0, 0.1) is 0 Å². The van der Waals surface area contributed by atoms with Crippen molar-refractivity contribution in [1.82, 2.24) is 0 Å². The van der Waals surface area contributed by atoms with E-state index in [0.29, 0.717) is 6.10 Å². The summed E-state index contributed by atoms with van der Waals surface area (Å²) < 4.78 is 6.02. The van der Waals surface area contributed by atoms with Gasteiger partial charge in [-0.15, -0.1) is 0 Å². The molecule has 1 rings (SSSR count). The smallest absolute Gasteiger partial charge is 0.184 e. The Kier molecular flexibility index (Phi) is 3.13. The molecule has 0 bridgehead atoms. The van der Waals surface area contributed by atoms with Crippen LogP contribution in [0.2, 0.25) is 19.6 Å². The van der Waals surface area contributed by atoms with Gasteiger partial charge in [-0.2, -0.15) is 0 Å².